The second-order valence-corrected chi connectivity index (χ2v) is 17.4. The Kier molecular flexibility index (Phi) is 8.12. The molecule has 0 spiro atoms. The zero-order chi connectivity index (χ0) is 41.4. The summed E-state index contributed by atoms with van der Waals surface area (Å²) < 4.78 is 5.00. The summed E-state index contributed by atoms with van der Waals surface area (Å²) in [7, 11) is 0. The normalized spacial score (nSPS) is 11.8. The maximum Gasteiger partial charge on any atom is 0.0555 e. The average Bonchev–Trinajstić information content (AvgIpc) is 3.92. The number of para-hydroxylation sites is 2. The van der Waals surface area contributed by atoms with Crippen LogP contribution in [0.4, 0.5) is 17.1 Å². The van der Waals surface area contributed by atoms with E-state index in [1.165, 1.54) is 96.5 Å². The van der Waals surface area contributed by atoms with Crippen molar-refractivity contribution in [2.24, 2.45) is 0 Å². The first-order chi connectivity index (χ1) is 31.3. The molecule has 13 rings (SSSR count). The molecule has 0 aliphatic carbocycles. The van der Waals surface area contributed by atoms with Crippen molar-refractivity contribution >= 4 is 103 Å². The van der Waals surface area contributed by atoms with Crippen LogP contribution in [0.25, 0.3) is 102 Å². The van der Waals surface area contributed by atoms with Gasteiger partial charge in [-0.15, -0.1) is 11.3 Å². The van der Waals surface area contributed by atoms with Crippen molar-refractivity contribution < 1.29 is 0 Å². The molecule has 0 radical (unpaired) electrons. The monoisotopic (exact) mass is 818 g/mol. The Morgan fingerprint density at radius 3 is 1.60 bits per heavy atom. The first-order valence-electron chi connectivity index (χ1n) is 21.6. The molecule has 0 fully saturated rings. The zero-order valence-corrected chi connectivity index (χ0v) is 35.1. The van der Waals surface area contributed by atoms with Gasteiger partial charge in [-0.25, -0.2) is 0 Å². The first-order valence-corrected chi connectivity index (χ1v) is 22.4. The Morgan fingerprint density at radius 1 is 0.333 bits per heavy atom. The lowest BCUT2D eigenvalue weighted by atomic mass is 9.93. The molecule has 2 heterocycles. The lowest BCUT2D eigenvalue weighted by Gasteiger charge is -2.27. The van der Waals surface area contributed by atoms with E-state index in [1.807, 2.05) is 11.3 Å². The Bertz CT molecular complexity index is 3840. The largest absolute Gasteiger partial charge is 0.310 e. The van der Waals surface area contributed by atoms with Gasteiger partial charge in [0.15, 0.2) is 0 Å². The van der Waals surface area contributed by atoms with Gasteiger partial charge in [0.25, 0.3) is 0 Å². The van der Waals surface area contributed by atoms with Gasteiger partial charge in [-0.2, -0.15) is 0 Å². The van der Waals surface area contributed by atoms with Gasteiger partial charge in [0, 0.05) is 48.0 Å². The van der Waals surface area contributed by atoms with Crippen LogP contribution in [0, 0.1) is 0 Å². The van der Waals surface area contributed by atoms with Gasteiger partial charge in [-0.3, -0.25) is 0 Å². The van der Waals surface area contributed by atoms with Crippen molar-refractivity contribution in [3.05, 3.63) is 231 Å². The Labute approximate surface area is 368 Å². The van der Waals surface area contributed by atoms with E-state index in [9.17, 15) is 0 Å². The van der Waals surface area contributed by atoms with Gasteiger partial charge in [-0.1, -0.05) is 170 Å². The van der Waals surface area contributed by atoms with Crippen molar-refractivity contribution in [2.45, 2.75) is 0 Å². The number of nitrogens with zero attached hydrogens (tertiary/aromatic N) is 2. The molecular weight excluding hydrogens is 781 g/mol. The molecule has 0 saturated heterocycles. The molecular formula is C60H38N2S. The highest BCUT2D eigenvalue weighted by atomic mass is 32.1. The fourth-order valence-corrected chi connectivity index (χ4v) is 11.5. The summed E-state index contributed by atoms with van der Waals surface area (Å²) >= 11 is 1.91. The van der Waals surface area contributed by atoms with E-state index in [0.717, 1.165) is 22.7 Å². The van der Waals surface area contributed by atoms with Crippen LogP contribution in [-0.4, -0.2) is 4.57 Å². The quantitative estimate of drug-likeness (QED) is 0.152. The number of hydrogen-bond acceptors (Lipinski definition) is 2. The van der Waals surface area contributed by atoms with Crippen molar-refractivity contribution in [3.63, 3.8) is 0 Å². The molecule has 3 heteroatoms. The molecule has 0 bridgehead atoms. The summed E-state index contributed by atoms with van der Waals surface area (Å²) in [5.41, 5.74) is 11.8. The molecule has 0 aliphatic rings. The van der Waals surface area contributed by atoms with E-state index in [-0.39, 0.29) is 0 Å². The summed E-state index contributed by atoms with van der Waals surface area (Å²) in [6.45, 7) is 0. The van der Waals surface area contributed by atoms with Crippen LogP contribution in [0.3, 0.4) is 0 Å². The molecule has 0 unspecified atom stereocenters. The fourth-order valence-electron chi connectivity index (χ4n) is 10.1. The molecule has 2 aromatic heterocycles. The molecule has 0 atom stereocenters. The molecule has 11 aromatic carbocycles. The number of benzene rings is 11. The van der Waals surface area contributed by atoms with Gasteiger partial charge in [0.1, 0.15) is 0 Å². The second kappa shape index (κ2) is 14.3. The number of fused-ring (bicyclic) bond motifs is 11. The summed E-state index contributed by atoms with van der Waals surface area (Å²) in [5, 5.41) is 12.7. The molecule has 294 valence electrons. The van der Waals surface area contributed by atoms with Gasteiger partial charge in [0.2, 0.25) is 0 Å². The van der Waals surface area contributed by atoms with Crippen molar-refractivity contribution in [3.8, 4) is 27.9 Å². The SMILES string of the molecule is c1ccc(-c2ccc(N(c3ccc(-c4cc5ccccc5c5ccccc45)cc3)c3ccc(-n4c5ccccc5c5ccccc54)cc3)c3c2sc2c4ccccc4ccc23)cc1. The number of rotatable bonds is 6. The van der Waals surface area contributed by atoms with E-state index in [0.29, 0.717) is 0 Å². The highest BCUT2D eigenvalue weighted by Crippen LogP contribution is 2.50. The molecule has 13 aromatic rings. The standard InChI is InChI=1S/C60H38N2S/c1-2-14-39(15-3-1)48-36-37-57(58-53-35-28-40-16-4-7-19-47(40)59(53)63-60(48)58)61(44-31-33-45(34-32-44)62-55-24-12-10-22-51(55)52-23-11-13-25-56(52)62)43-29-26-41(27-30-43)54-38-42-17-5-6-18-46(42)49-20-8-9-21-50(49)54/h1-38H. The highest BCUT2D eigenvalue weighted by Gasteiger charge is 2.23. The smallest absolute Gasteiger partial charge is 0.0555 e. The lowest BCUT2D eigenvalue weighted by Crippen LogP contribution is -2.10. The van der Waals surface area contributed by atoms with Crippen LogP contribution in [0.5, 0.6) is 0 Å². The molecule has 0 amide bonds. The number of thiophene rings is 1. The van der Waals surface area contributed by atoms with Crippen molar-refractivity contribution in [1.29, 1.82) is 0 Å². The van der Waals surface area contributed by atoms with Crippen molar-refractivity contribution in [1.82, 2.24) is 4.57 Å². The third-order valence-electron chi connectivity index (χ3n) is 13.0. The number of aromatic nitrogens is 1. The second-order valence-electron chi connectivity index (χ2n) is 16.4. The summed E-state index contributed by atoms with van der Waals surface area (Å²) in [6, 6.07) is 84.7. The van der Waals surface area contributed by atoms with E-state index in [1.54, 1.807) is 0 Å². The number of hydrogen-bond donors (Lipinski definition) is 0. The molecule has 2 nitrogen and oxygen atoms in total. The van der Waals surface area contributed by atoms with E-state index in [4.69, 9.17) is 0 Å². The van der Waals surface area contributed by atoms with Crippen LogP contribution >= 0.6 is 11.3 Å². The minimum absolute atomic E-state index is 1.09. The van der Waals surface area contributed by atoms with Crippen LogP contribution in [-0.2, 0) is 0 Å². The maximum absolute atomic E-state index is 2.47. The Morgan fingerprint density at radius 2 is 0.889 bits per heavy atom. The molecule has 63 heavy (non-hydrogen) atoms. The van der Waals surface area contributed by atoms with Gasteiger partial charge in [-0.05, 0) is 115 Å². The summed E-state index contributed by atoms with van der Waals surface area (Å²) in [4.78, 5) is 2.47. The van der Waals surface area contributed by atoms with E-state index < -0.39 is 0 Å². The van der Waals surface area contributed by atoms with Gasteiger partial charge in [0.05, 0.1) is 16.7 Å². The van der Waals surface area contributed by atoms with Crippen LogP contribution in [0.15, 0.2) is 231 Å². The third kappa shape index (κ3) is 5.64. The predicted octanol–water partition coefficient (Wildman–Crippen LogP) is 17.4. The average molecular weight is 819 g/mol. The lowest BCUT2D eigenvalue weighted by molar-refractivity contribution is 1.17. The van der Waals surface area contributed by atoms with Crippen LogP contribution in [0.1, 0.15) is 0 Å². The number of anilines is 3. The third-order valence-corrected chi connectivity index (χ3v) is 14.2. The van der Waals surface area contributed by atoms with Gasteiger partial charge < -0.3 is 9.47 Å². The van der Waals surface area contributed by atoms with Crippen LogP contribution in [0.2, 0.25) is 0 Å². The van der Waals surface area contributed by atoms with E-state index >= 15 is 0 Å². The highest BCUT2D eigenvalue weighted by molar-refractivity contribution is 7.27. The maximum atomic E-state index is 2.47. The van der Waals surface area contributed by atoms with Crippen LogP contribution < -0.4 is 4.90 Å². The summed E-state index contributed by atoms with van der Waals surface area (Å²) in [6.07, 6.45) is 0. The molecule has 0 N–H and O–H groups in total. The zero-order valence-electron chi connectivity index (χ0n) is 34.2. The minimum Gasteiger partial charge on any atom is -0.310 e. The summed E-state index contributed by atoms with van der Waals surface area (Å²) in [5.74, 6) is 0. The predicted molar refractivity (Wildman–Crippen MR) is 272 cm³/mol. The molecule has 0 saturated carbocycles. The fraction of sp³-hybridized carbons (Fsp3) is 0. The topological polar surface area (TPSA) is 8.17 Å². The van der Waals surface area contributed by atoms with E-state index in [2.05, 4.69) is 240 Å². The minimum atomic E-state index is 1.09. The van der Waals surface area contributed by atoms with Crippen molar-refractivity contribution in [2.75, 3.05) is 4.90 Å². The first kappa shape index (κ1) is 35.7. The Balaban J connectivity index is 1.04. The Hall–Kier alpha value is -7.98. The molecule has 0 aliphatic heterocycles. The van der Waals surface area contributed by atoms with Gasteiger partial charge >= 0.3 is 0 Å².